The normalized spacial score (nSPS) is 24.3. The first kappa shape index (κ1) is 5.98. The predicted molar refractivity (Wildman–Crippen MR) is 40.7 cm³/mol. The van der Waals surface area contributed by atoms with E-state index >= 15 is 0 Å². The Bertz CT molecular complexity index is 227. The van der Waals surface area contributed by atoms with Crippen molar-refractivity contribution in [3.8, 4) is 0 Å². The Kier molecular flexibility index (Phi) is 1.27. The zero-order valence-corrected chi connectivity index (χ0v) is 5.96. The SMILES string of the molecule is NC1CCn2cccc2C1. The van der Waals surface area contributed by atoms with Crippen LogP contribution in [-0.4, -0.2) is 10.6 Å². The van der Waals surface area contributed by atoms with Crippen molar-refractivity contribution in [2.75, 3.05) is 0 Å². The largest absolute Gasteiger partial charge is 0.351 e. The van der Waals surface area contributed by atoms with Crippen molar-refractivity contribution in [3.63, 3.8) is 0 Å². The molecule has 2 N–H and O–H groups in total. The molecule has 1 aliphatic rings. The van der Waals surface area contributed by atoms with Gasteiger partial charge in [0.1, 0.15) is 0 Å². The smallest absolute Gasteiger partial charge is 0.0237 e. The molecular weight excluding hydrogens is 124 g/mol. The van der Waals surface area contributed by atoms with Gasteiger partial charge in [-0.25, -0.2) is 0 Å². The van der Waals surface area contributed by atoms with Crippen molar-refractivity contribution in [3.05, 3.63) is 24.0 Å². The number of hydrogen-bond acceptors (Lipinski definition) is 1. The number of nitrogens with two attached hydrogens (primary N) is 1. The number of nitrogens with zero attached hydrogens (tertiary/aromatic N) is 1. The van der Waals surface area contributed by atoms with E-state index in [1.54, 1.807) is 0 Å². The lowest BCUT2D eigenvalue weighted by Gasteiger charge is -2.20. The van der Waals surface area contributed by atoms with E-state index in [1.807, 2.05) is 0 Å². The Morgan fingerprint density at radius 2 is 2.50 bits per heavy atom. The monoisotopic (exact) mass is 136 g/mol. The summed E-state index contributed by atoms with van der Waals surface area (Å²) >= 11 is 0. The second-order valence-electron chi connectivity index (χ2n) is 2.95. The first-order chi connectivity index (χ1) is 4.86. The van der Waals surface area contributed by atoms with Crippen molar-refractivity contribution < 1.29 is 0 Å². The van der Waals surface area contributed by atoms with Gasteiger partial charge >= 0.3 is 0 Å². The highest BCUT2D eigenvalue weighted by Crippen LogP contribution is 2.13. The molecule has 1 aromatic heterocycles. The minimum absolute atomic E-state index is 0.391. The Morgan fingerprint density at radius 1 is 1.60 bits per heavy atom. The highest BCUT2D eigenvalue weighted by molar-refractivity contribution is 5.10. The lowest BCUT2D eigenvalue weighted by atomic mass is 10.1. The second kappa shape index (κ2) is 2.13. The summed E-state index contributed by atoms with van der Waals surface area (Å²) in [5, 5.41) is 0. The van der Waals surface area contributed by atoms with Gasteiger partial charge in [0.2, 0.25) is 0 Å². The molecule has 0 saturated heterocycles. The Balaban J connectivity index is 2.30. The zero-order chi connectivity index (χ0) is 6.97. The molecule has 54 valence electrons. The molecule has 2 heterocycles. The topological polar surface area (TPSA) is 30.9 Å². The molecule has 0 radical (unpaired) electrons. The third kappa shape index (κ3) is 0.847. The summed E-state index contributed by atoms with van der Waals surface area (Å²) in [6, 6.07) is 4.63. The molecule has 2 nitrogen and oxygen atoms in total. The minimum atomic E-state index is 0.391. The molecule has 2 rings (SSSR count). The summed E-state index contributed by atoms with van der Waals surface area (Å²) < 4.78 is 2.28. The molecular formula is C8H12N2. The van der Waals surface area contributed by atoms with Crippen molar-refractivity contribution >= 4 is 0 Å². The van der Waals surface area contributed by atoms with Crippen LogP contribution in [0.25, 0.3) is 0 Å². The average molecular weight is 136 g/mol. The van der Waals surface area contributed by atoms with Gasteiger partial charge in [-0.3, -0.25) is 0 Å². The van der Waals surface area contributed by atoms with Gasteiger partial charge in [0.15, 0.2) is 0 Å². The van der Waals surface area contributed by atoms with Gasteiger partial charge in [0, 0.05) is 30.9 Å². The average Bonchev–Trinajstić information content (AvgIpc) is 2.33. The molecule has 0 aliphatic carbocycles. The number of rotatable bonds is 0. The standard InChI is InChI=1S/C8H12N2/c9-7-3-5-10-4-1-2-8(10)6-7/h1-2,4,7H,3,5-6,9H2. The number of aromatic nitrogens is 1. The van der Waals surface area contributed by atoms with Crippen LogP contribution in [-0.2, 0) is 13.0 Å². The van der Waals surface area contributed by atoms with Gasteiger partial charge < -0.3 is 10.3 Å². The zero-order valence-electron chi connectivity index (χ0n) is 5.96. The molecule has 1 aliphatic heterocycles. The van der Waals surface area contributed by atoms with E-state index < -0.39 is 0 Å². The van der Waals surface area contributed by atoms with Gasteiger partial charge in [-0.1, -0.05) is 0 Å². The van der Waals surface area contributed by atoms with E-state index in [0.717, 1.165) is 19.4 Å². The molecule has 2 heteroatoms. The van der Waals surface area contributed by atoms with E-state index in [1.165, 1.54) is 5.69 Å². The lowest BCUT2D eigenvalue weighted by molar-refractivity contribution is 0.472. The minimum Gasteiger partial charge on any atom is -0.351 e. The highest BCUT2D eigenvalue weighted by atomic mass is 15.0. The van der Waals surface area contributed by atoms with E-state index in [2.05, 4.69) is 22.9 Å². The highest BCUT2D eigenvalue weighted by Gasteiger charge is 2.12. The van der Waals surface area contributed by atoms with Gasteiger partial charge in [-0.05, 0) is 18.6 Å². The fourth-order valence-corrected chi connectivity index (χ4v) is 1.53. The van der Waals surface area contributed by atoms with Crippen molar-refractivity contribution in [2.24, 2.45) is 5.73 Å². The molecule has 1 atom stereocenters. The van der Waals surface area contributed by atoms with Crippen molar-refractivity contribution in [2.45, 2.75) is 25.4 Å². The third-order valence-corrected chi connectivity index (χ3v) is 2.14. The summed E-state index contributed by atoms with van der Waals surface area (Å²) in [4.78, 5) is 0. The summed E-state index contributed by atoms with van der Waals surface area (Å²) in [7, 11) is 0. The molecule has 1 unspecified atom stereocenters. The van der Waals surface area contributed by atoms with Crippen LogP contribution in [0.15, 0.2) is 18.3 Å². The fraction of sp³-hybridized carbons (Fsp3) is 0.500. The van der Waals surface area contributed by atoms with Crippen LogP contribution in [0, 0.1) is 0 Å². The Morgan fingerprint density at radius 3 is 3.40 bits per heavy atom. The van der Waals surface area contributed by atoms with Crippen molar-refractivity contribution in [1.29, 1.82) is 0 Å². The maximum Gasteiger partial charge on any atom is 0.0237 e. The molecule has 0 bridgehead atoms. The lowest BCUT2D eigenvalue weighted by Crippen LogP contribution is -2.30. The molecule has 0 saturated carbocycles. The predicted octanol–water partition coefficient (Wildman–Crippen LogP) is 0.762. The molecule has 1 aromatic rings. The van der Waals surface area contributed by atoms with Gasteiger partial charge in [0.05, 0.1) is 0 Å². The molecule has 0 spiro atoms. The molecule has 0 fully saturated rings. The Hall–Kier alpha value is -0.760. The first-order valence-corrected chi connectivity index (χ1v) is 3.76. The van der Waals surface area contributed by atoms with E-state index in [-0.39, 0.29) is 0 Å². The van der Waals surface area contributed by atoms with Crippen LogP contribution in [0.3, 0.4) is 0 Å². The summed E-state index contributed by atoms with van der Waals surface area (Å²) in [6.07, 6.45) is 4.30. The second-order valence-corrected chi connectivity index (χ2v) is 2.95. The van der Waals surface area contributed by atoms with Gasteiger partial charge in [0.25, 0.3) is 0 Å². The summed E-state index contributed by atoms with van der Waals surface area (Å²) in [5.74, 6) is 0. The maximum atomic E-state index is 5.80. The van der Waals surface area contributed by atoms with Crippen LogP contribution < -0.4 is 5.73 Å². The van der Waals surface area contributed by atoms with E-state index in [9.17, 15) is 0 Å². The molecule has 0 aromatic carbocycles. The first-order valence-electron chi connectivity index (χ1n) is 3.76. The number of fused-ring (bicyclic) bond motifs is 1. The fourth-order valence-electron chi connectivity index (χ4n) is 1.53. The van der Waals surface area contributed by atoms with Crippen LogP contribution >= 0.6 is 0 Å². The molecule has 0 amide bonds. The van der Waals surface area contributed by atoms with Crippen LogP contribution in [0.2, 0.25) is 0 Å². The third-order valence-electron chi connectivity index (χ3n) is 2.14. The van der Waals surface area contributed by atoms with Crippen molar-refractivity contribution in [1.82, 2.24) is 4.57 Å². The summed E-state index contributed by atoms with van der Waals surface area (Å²) in [6.45, 7) is 1.10. The maximum absolute atomic E-state index is 5.80. The summed E-state index contributed by atoms with van der Waals surface area (Å²) in [5.41, 5.74) is 7.18. The van der Waals surface area contributed by atoms with Crippen LogP contribution in [0.1, 0.15) is 12.1 Å². The quantitative estimate of drug-likeness (QED) is 0.561. The van der Waals surface area contributed by atoms with Crippen LogP contribution in [0.4, 0.5) is 0 Å². The Labute approximate surface area is 60.6 Å². The van der Waals surface area contributed by atoms with Gasteiger partial charge in [-0.15, -0.1) is 0 Å². The van der Waals surface area contributed by atoms with E-state index in [4.69, 9.17) is 5.73 Å². The van der Waals surface area contributed by atoms with E-state index in [0.29, 0.717) is 6.04 Å². The number of hydrogen-bond donors (Lipinski definition) is 1. The van der Waals surface area contributed by atoms with Crippen LogP contribution in [0.5, 0.6) is 0 Å². The van der Waals surface area contributed by atoms with Gasteiger partial charge in [-0.2, -0.15) is 0 Å². The number of aryl methyl sites for hydroxylation is 1. The molecule has 10 heavy (non-hydrogen) atoms.